The second-order valence-corrected chi connectivity index (χ2v) is 11.9. The highest BCUT2D eigenvalue weighted by atomic mass is 14.9. The standard InChI is InChI=1S/C44H28N4/c1-3-10-29(11-4-1)33-14-7-15-34(26-33)37-18-9-19-41-38(37)28-45-44(48-41)36-17-8-16-35(27-36)40-25-23-32-21-20-31-22-24-39(30-12-5-2-6-13-30)46-42(31)43(32)47-40/h1-28H. The molecule has 0 spiro atoms. The van der Waals surface area contributed by atoms with Crippen LogP contribution in [0.5, 0.6) is 0 Å². The number of rotatable bonds is 5. The van der Waals surface area contributed by atoms with Crippen molar-refractivity contribution < 1.29 is 0 Å². The van der Waals surface area contributed by atoms with Crippen molar-refractivity contribution in [1.29, 1.82) is 0 Å². The predicted octanol–water partition coefficient (Wildman–Crippen LogP) is 11.1. The van der Waals surface area contributed by atoms with E-state index in [0.29, 0.717) is 5.82 Å². The van der Waals surface area contributed by atoms with Gasteiger partial charge in [0.05, 0.1) is 27.9 Å². The summed E-state index contributed by atoms with van der Waals surface area (Å²) in [5.41, 5.74) is 12.2. The normalized spacial score (nSPS) is 11.3. The summed E-state index contributed by atoms with van der Waals surface area (Å²) in [5, 5.41) is 3.15. The molecule has 0 saturated carbocycles. The van der Waals surface area contributed by atoms with Gasteiger partial charge in [0.1, 0.15) is 0 Å². The monoisotopic (exact) mass is 612 g/mol. The number of aromatic nitrogens is 4. The summed E-state index contributed by atoms with van der Waals surface area (Å²) in [4.78, 5) is 20.1. The molecule has 3 aromatic heterocycles. The third-order valence-corrected chi connectivity index (χ3v) is 8.91. The van der Waals surface area contributed by atoms with Gasteiger partial charge in [0.25, 0.3) is 0 Å². The van der Waals surface area contributed by atoms with Crippen molar-refractivity contribution in [3.05, 3.63) is 170 Å². The largest absolute Gasteiger partial charge is 0.245 e. The van der Waals surface area contributed by atoms with E-state index in [4.69, 9.17) is 19.9 Å². The lowest BCUT2D eigenvalue weighted by Crippen LogP contribution is -1.93. The van der Waals surface area contributed by atoms with Crippen molar-refractivity contribution >= 4 is 32.7 Å². The van der Waals surface area contributed by atoms with E-state index in [1.165, 1.54) is 11.1 Å². The van der Waals surface area contributed by atoms with Crippen LogP contribution in [0.4, 0.5) is 0 Å². The number of fused-ring (bicyclic) bond motifs is 4. The summed E-state index contributed by atoms with van der Waals surface area (Å²) in [7, 11) is 0. The van der Waals surface area contributed by atoms with Crippen LogP contribution in [0.1, 0.15) is 0 Å². The van der Waals surface area contributed by atoms with Crippen LogP contribution in [0.2, 0.25) is 0 Å². The molecule has 9 aromatic rings. The van der Waals surface area contributed by atoms with E-state index in [1.807, 2.05) is 36.5 Å². The molecule has 48 heavy (non-hydrogen) atoms. The summed E-state index contributed by atoms with van der Waals surface area (Å²) >= 11 is 0. The Balaban J connectivity index is 1.09. The predicted molar refractivity (Wildman–Crippen MR) is 197 cm³/mol. The Morgan fingerprint density at radius 2 is 0.896 bits per heavy atom. The Hall–Kier alpha value is -6.52. The van der Waals surface area contributed by atoms with Gasteiger partial charge < -0.3 is 0 Å². The Kier molecular flexibility index (Phi) is 6.76. The van der Waals surface area contributed by atoms with Crippen LogP contribution in [0.15, 0.2) is 170 Å². The summed E-state index contributed by atoms with van der Waals surface area (Å²) in [5.74, 6) is 0.681. The van der Waals surface area contributed by atoms with Gasteiger partial charge in [-0.3, -0.25) is 0 Å². The SMILES string of the molecule is c1ccc(-c2cccc(-c3cccc4nc(-c5cccc(-c6ccc7ccc8ccc(-c9ccccc9)nc8c7n6)c5)ncc34)c2)cc1. The molecule has 0 atom stereocenters. The minimum Gasteiger partial charge on any atom is -0.245 e. The maximum atomic E-state index is 5.16. The van der Waals surface area contributed by atoms with E-state index in [-0.39, 0.29) is 0 Å². The number of nitrogens with zero attached hydrogens (tertiary/aromatic N) is 4. The number of hydrogen-bond donors (Lipinski definition) is 0. The molecule has 0 aliphatic carbocycles. The first kappa shape index (κ1) is 27.8. The molecule has 0 saturated heterocycles. The first-order chi connectivity index (χ1) is 23.8. The second-order valence-electron chi connectivity index (χ2n) is 11.9. The van der Waals surface area contributed by atoms with Crippen LogP contribution in [0.3, 0.4) is 0 Å². The van der Waals surface area contributed by atoms with Crippen molar-refractivity contribution in [1.82, 2.24) is 19.9 Å². The number of hydrogen-bond acceptors (Lipinski definition) is 4. The number of pyridine rings is 2. The third kappa shape index (κ3) is 5.06. The fraction of sp³-hybridized carbons (Fsp3) is 0. The Bertz CT molecular complexity index is 2610. The maximum Gasteiger partial charge on any atom is 0.159 e. The van der Waals surface area contributed by atoms with Crippen molar-refractivity contribution in [2.24, 2.45) is 0 Å². The zero-order valence-corrected chi connectivity index (χ0v) is 26.0. The van der Waals surface area contributed by atoms with Crippen molar-refractivity contribution in [3.8, 4) is 56.2 Å². The highest BCUT2D eigenvalue weighted by Crippen LogP contribution is 2.33. The van der Waals surface area contributed by atoms with E-state index in [9.17, 15) is 0 Å². The zero-order valence-electron chi connectivity index (χ0n) is 26.0. The van der Waals surface area contributed by atoms with Crippen LogP contribution in [-0.4, -0.2) is 19.9 Å². The van der Waals surface area contributed by atoms with Crippen LogP contribution in [0, 0.1) is 0 Å². The highest BCUT2D eigenvalue weighted by molar-refractivity contribution is 6.04. The Morgan fingerprint density at radius 1 is 0.354 bits per heavy atom. The smallest absolute Gasteiger partial charge is 0.159 e. The van der Waals surface area contributed by atoms with Crippen LogP contribution in [0.25, 0.3) is 88.9 Å². The molecule has 0 aliphatic heterocycles. The molecular weight excluding hydrogens is 585 g/mol. The van der Waals surface area contributed by atoms with Gasteiger partial charge in [0.15, 0.2) is 5.82 Å². The fourth-order valence-electron chi connectivity index (χ4n) is 6.46. The summed E-state index contributed by atoms with van der Waals surface area (Å²) in [6.45, 7) is 0. The lowest BCUT2D eigenvalue weighted by atomic mass is 9.97. The van der Waals surface area contributed by atoms with Gasteiger partial charge in [0.2, 0.25) is 0 Å². The van der Waals surface area contributed by atoms with Crippen molar-refractivity contribution in [2.45, 2.75) is 0 Å². The molecule has 224 valence electrons. The van der Waals surface area contributed by atoms with Gasteiger partial charge >= 0.3 is 0 Å². The zero-order chi connectivity index (χ0) is 31.9. The van der Waals surface area contributed by atoms with Crippen molar-refractivity contribution in [2.75, 3.05) is 0 Å². The fourth-order valence-corrected chi connectivity index (χ4v) is 6.46. The molecular formula is C44H28N4. The molecule has 4 heteroatoms. The Morgan fingerprint density at radius 3 is 1.62 bits per heavy atom. The average molecular weight is 613 g/mol. The molecule has 3 heterocycles. The van der Waals surface area contributed by atoms with Gasteiger partial charge in [-0.2, -0.15) is 0 Å². The molecule has 4 nitrogen and oxygen atoms in total. The molecule has 0 unspecified atom stereocenters. The molecule has 0 bridgehead atoms. The second kappa shape index (κ2) is 11.7. The van der Waals surface area contributed by atoms with Gasteiger partial charge in [-0.1, -0.05) is 133 Å². The summed E-state index contributed by atoms with van der Waals surface area (Å²) in [6, 6.07) is 56.6. The van der Waals surface area contributed by atoms with Gasteiger partial charge in [-0.25, -0.2) is 19.9 Å². The minimum absolute atomic E-state index is 0.681. The topological polar surface area (TPSA) is 51.6 Å². The molecule has 9 rings (SSSR count). The first-order valence-electron chi connectivity index (χ1n) is 16.1. The lowest BCUT2D eigenvalue weighted by Gasteiger charge is -2.11. The van der Waals surface area contributed by atoms with Gasteiger partial charge in [-0.05, 0) is 52.6 Å². The average Bonchev–Trinajstić information content (AvgIpc) is 3.18. The van der Waals surface area contributed by atoms with Crippen molar-refractivity contribution in [3.63, 3.8) is 0 Å². The van der Waals surface area contributed by atoms with E-state index in [0.717, 1.165) is 71.9 Å². The van der Waals surface area contributed by atoms with Crippen LogP contribution in [-0.2, 0) is 0 Å². The molecule has 0 fully saturated rings. The number of benzene rings is 6. The van der Waals surface area contributed by atoms with E-state index in [2.05, 4.69) is 133 Å². The highest BCUT2D eigenvalue weighted by Gasteiger charge is 2.12. The molecule has 0 aliphatic rings. The van der Waals surface area contributed by atoms with Crippen LogP contribution >= 0.6 is 0 Å². The van der Waals surface area contributed by atoms with Crippen LogP contribution < -0.4 is 0 Å². The summed E-state index contributed by atoms with van der Waals surface area (Å²) < 4.78 is 0. The van der Waals surface area contributed by atoms with E-state index in [1.54, 1.807) is 0 Å². The summed E-state index contributed by atoms with van der Waals surface area (Å²) in [6.07, 6.45) is 1.95. The quantitative estimate of drug-likeness (QED) is 0.181. The van der Waals surface area contributed by atoms with Gasteiger partial charge in [-0.15, -0.1) is 0 Å². The molecule has 0 N–H and O–H groups in total. The van der Waals surface area contributed by atoms with Gasteiger partial charge in [0, 0.05) is 39.0 Å². The molecule has 0 amide bonds. The first-order valence-corrected chi connectivity index (χ1v) is 16.1. The third-order valence-electron chi connectivity index (χ3n) is 8.91. The lowest BCUT2D eigenvalue weighted by molar-refractivity contribution is 1.23. The minimum atomic E-state index is 0.681. The van der Waals surface area contributed by atoms with E-state index >= 15 is 0 Å². The Labute approximate surface area is 278 Å². The van der Waals surface area contributed by atoms with E-state index < -0.39 is 0 Å². The molecule has 0 radical (unpaired) electrons. The molecule has 6 aromatic carbocycles. The maximum absolute atomic E-state index is 5.16.